The largest absolute Gasteiger partial charge is 0.443 e. The van der Waals surface area contributed by atoms with Crippen molar-refractivity contribution in [2.24, 2.45) is 9.98 Å². The minimum atomic E-state index is -4.77. The van der Waals surface area contributed by atoms with Crippen LogP contribution in [0.4, 0.5) is 23.7 Å². The number of amides is 1. The zero-order chi connectivity index (χ0) is 20.1. The van der Waals surface area contributed by atoms with Crippen molar-refractivity contribution >= 4 is 30.4 Å². The smallest absolute Gasteiger partial charge is 0.437 e. The lowest BCUT2D eigenvalue weighted by atomic mass is 10.2. The predicted molar refractivity (Wildman–Crippen MR) is 94.7 cm³/mol. The third kappa shape index (κ3) is 5.43. The van der Waals surface area contributed by atoms with Crippen LogP contribution in [0.5, 0.6) is 0 Å². The third-order valence-corrected chi connectivity index (χ3v) is 2.93. The van der Waals surface area contributed by atoms with Gasteiger partial charge in [-0.05, 0) is 34.4 Å². The van der Waals surface area contributed by atoms with Gasteiger partial charge in [-0.25, -0.2) is 9.48 Å². The SMILES string of the molecule is C=N/C=C(\C=NC)n1cc(N(CC)C(=O)OC(C)(C)C)c(C(F)(F)F)n1. The van der Waals surface area contributed by atoms with E-state index in [4.69, 9.17) is 4.74 Å². The normalized spacial score (nSPS) is 13.2. The minimum Gasteiger partial charge on any atom is -0.443 e. The number of rotatable bonds is 5. The number of hydrogen-bond donors (Lipinski definition) is 0. The number of aromatic nitrogens is 2. The summed E-state index contributed by atoms with van der Waals surface area (Å²) in [7, 11) is 1.45. The zero-order valence-corrected chi connectivity index (χ0v) is 15.3. The molecule has 0 aliphatic rings. The molecule has 0 bridgehead atoms. The zero-order valence-electron chi connectivity index (χ0n) is 15.3. The highest BCUT2D eigenvalue weighted by molar-refractivity contribution is 6.02. The molecule has 1 amide bonds. The average molecular weight is 373 g/mol. The van der Waals surface area contributed by atoms with Crippen molar-refractivity contribution in [1.82, 2.24) is 9.78 Å². The highest BCUT2D eigenvalue weighted by Crippen LogP contribution is 2.36. The van der Waals surface area contributed by atoms with Crippen molar-refractivity contribution in [2.75, 3.05) is 18.5 Å². The molecule has 0 spiro atoms. The number of carbonyl (C=O) groups is 1. The molecule has 0 saturated carbocycles. The molecule has 7 nitrogen and oxygen atoms in total. The summed E-state index contributed by atoms with van der Waals surface area (Å²) in [6.07, 6.45) is -2.12. The molecule has 1 rings (SSSR count). The van der Waals surface area contributed by atoms with E-state index in [1.165, 1.54) is 26.4 Å². The highest BCUT2D eigenvalue weighted by Gasteiger charge is 2.40. The standard InChI is InChI=1S/C16H22F3N5O2/c1-7-23(14(25)26-15(2,3)4)12-10-24(11(8-20-5)9-21-6)22-13(12)16(17,18)19/h8-10H,5,7H2,1-4,6H3/b11-8+,21-9?. The van der Waals surface area contributed by atoms with E-state index in [0.717, 1.165) is 15.8 Å². The summed E-state index contributed by atoms with van der Waals surface area (Å²) < 4.78 is 46.5. The molecule has 26 heavy (non-hydrogen) atoms. The van der Waals surface area contributed by atoms with Gasteiger partial charge in [-0.3, -0.25) is 14.9 Å². The van der Waals surface area contributed by atoms with Crippen molar-refractivity contribution in [3.05, 3.63) is 18.1 Å². The molecule has 0 aliphatic carbocycles. The van der Waals surface area contributed by atoms with Gasteiger partial charge < -0.3 is 4.74 Å². The van der Waals surface area contributed by atoms with E-state index < -0.39 is 29.3 Å². The number of alkyl halides is 3. The molecule has 0 saturated heterocycles. The lowest BCUT2D eigenvalue weighted by molar-refractivity contribution is -0.140. The summed E-state index contributed by atoms with van der Waals surface area (Å²) in [5.74, 6) is 0. The Morgan fingerprint density at radius 2 is 2.04 bits per heavy atom. The second-order valence-electron chi connectivity index (χ2n) is 6.15. The van der Waals surface area contributed by atoms with Gasteiger partial charge in [0.05, 0.1) is 18.1 Å². The van der Waals surface area contributed by atoms with Crippen LogP contribution in [0.15, 0.2) is 22.4 Å². The van der Waals surface area contributed by atoms with Crippen LogP contribution in [0, 0.1) is 0 Å². The van der Waals surface area contributed by atoms with Gasteiger partial charge in [-0.1, -0.05) is 0 Å². The van der Waals surface area contributed by atoms with Crippen LogP contribution in [-0.4, -0.2) is 48.0 Å². The number of halogens is 3. The lowest BCUT2D eigenvalue weighted by Gasteiger charge is -2.26. The van der Waals surface area contributed by atoms with Gasteiger partial charge in [0.25, 0.3) is 0 Å². The molecule has 0 fully saturated rings. The topological polar surface area (TPSA) is 72.1 Å². The number of hydrogen-bond acceptors (Lipinski definition) is 5. The predicted octanol–water partition coefficient (Wildman–Crippen LogP) is 3.86. The highest BCUT2D eigenvalue weighted by atomic mass is 19.4. The fourth-order valence-corrected chi connectivity index (χ4v) is 1.99. The molecule has 0 aromatic carbocycles. The second-order valence-corrected chi connectivity index (χ2v) is 6.15. The summed E-state index contributed by atoms with van der Waals surface area (Å²) in [4.78, 5) is 20.5. The molecule has 10 heteroatoms. The Kier molecular flexibility index (Phi) is 6.71. The van der Waals surface area contributed by atoms with E-state index in [9.17, 15) is 18.0 Å². The summed E-state index contributed by atoms with van der Waals surface area (Å²) in [5, 5.41) is 3.56. The molecule has 1 heterocycles. The Hall–Kier alpha value is -2.65. The van der Waals surface area contributed by atoms with E-state index in [-0.39, 0.29) is 12.2 Å². The maximum absolute atomic E-state index is 13.5. The Labute approximate surface area is 149 Å². The van der Waals surface area contributed by atoms with Crippen LogP contribution in [0.1, 0.15) is 33.4 Å². The summed E-state index contributed by atoms with van der Waals surface area (Å²) in [5.41, 5.74) is -2.34. The van der Waals surface area contributed by atoms with Crippen molar-refractivity contribution in [1.29, 1.82) is 0 Å². The first-order valence-electron chi connectivity index (χ1n) is 7.70. The van der Waals surface area contributed by atoms with E-state index in [1.54, 1.807) is 20.8 Å². The Morgan fingerprint density at radius 3 is 2.46 bits per heavy atom. The Bertz CT molecular complexity index is 714. The molecule has 1 aromatic rings. The number of aliphatic imine (C=N–C) groups is 2. The quantitative estimate of drug-likeness (QED) is 0.736. The van der Waals surface area contributed by atoms with E-state index in [0.29, 0.717) is 0 Å². The molecule has 0 aliphatic heterocycles. The second kappa shape index (κ2) is 8.15. The number of nitrogens with zero attached hydrogens (tertiary/aromatic N) is 5. The Morgan fingerprint density at radius 1 is 1.42 bits per heavy atom. The van der Waals surface area contributed by atoms with Gasteiger partial charge in [0.2, 0.25) is 0 Å². The summed E-state index contributed by atoms with van der Waals surface area (Å²) >= 11 is 0. The Balaban J connectivity index is 3.50. The monoisotopic (exact) mass is 373 g/mol. The van der Waals surface area contributed by atoms with E-state index in [2.05, 4.69) is 21.8 Å². The van der Waals surface area contributed by atoms with Crippen molar-refractivity contribution in [2.45, 2.75) is 39.5 Å². The first-order chi connectivity index (χ1) is 11.9. The maximum Gasteiger partial charge on any atom is 0.437 e. The van der Waals surface area contributed by atoms with E-state index >= 15 is 0 Å². The molecule has 0 unspecified atom stereocenters. The van der Waals surface area contributed by atoms with Crippen molar-refractivity contribution < 1.29 is 22.7 Å². The number of carbonyl (C=O) groups excluding carboxylic acids is 1. The van der Waals surface area contributed by atoms with Crippen LogP contribution >= 0.6 is 0 Å². The molecular weight excluding hydrogens is 351 g/mol. The molecule has 144 valence electrons. The van der Waals surface area contributed by atoms with Gasteiger partial charge in [0.1, 0.15) is 11.3 Å². The van der Waals surface area contributed by atoms with Crippen LogP contribution < -0.4 is 4.90 Å². The van der Waals surface area contributed by atoms with Crippen LogP contribution in [-0.2, 0) is 10.9 Å². The van der Waals surface area contributed by atoms with Crippen LogP contribution in [0.2, 0.25) is 0 Å². The lowest BCUT2D eigenvalue weighted by Crippen LogP contribution is -2.37. The molecule has 0 atom stereocenters. The van der Waals surface area contributed by atoms with Gasteiger partial charge in [0, 0.05) is 19.8 Å². The average Bonchev–Trinajstić information content (AvgIpc) is 2.91. The van der Waals surface area contributed by atoms with Gasteiger partial charge in [0.15, 0.2) is 5.69 Å². The van der Waals surface area contributed by atoms with Crippen molar-refractivity contribution in [3.63, 3.8) is 0 Å². The maximum atomic E-state index is 13.5. The number of allylic oxidation sites excluding steroid dienone is 1. The van der Waals surface area contributed by atoms with Crippen LogP contribution in [0.3, 0.4) is 0 Å². The molecule has 0 N–H and O–H groups in total. The number of ether oxygens (including phenoxy) is 1. The van der Waals surface area contributed by atoms with Gasteiger partial charge in [-0.15, -0.1) is 0 Å². The summed E-state index contributed by atoms with van der Waals surface area (Å²) in [6, 6.07) is 0. The first-order valence-corrected chi connectivity index (χ1v) is 7.70. The van der Waals surface area contributed by atoms with Gasteiger partial charge >= 0.3 is 12.3 Å². The van der Waals surface area contributed by atoms with Crippen LogP contribution in [0.25, 0.3) is 5.70 Å². The molecule has 0 radical (unpaired) electrons. The van der Waals surface area contributed by atoms with Gasteiger partial charge in [-0.2, -0.15) is 18.3 Å². The molecule has 1 aromatic heterocycles. The fraction of sp³-hybridized carbons (Fsp3) is 0.500. The molecular formula is C16H22F3N5O2. The summed E-state index contributed by atoms with van der Waals surface area (Å²) in [6.45, 7) is 9.65. The fourth-order valence-electron chi connectivity index (χ4n) is 1.99. The first kappa shape index (κ1) is 21.4. The van der Waals surface area contributed by atoms with Crippen molar-refractivity contribution in [3.8, 4) is 0 Å². The van der Waals surface area contributed by atoms with E-state index in [1.807, 2.05) is 0 Å². The third-order valence-electron chi connectivity index (χ3n) is 2.93. The number of anilines is 1. The minimum absolute atomic E-state index is 0.0374.